The molecule has 1 aliphatic rings. The average Bonchev–Trinajstić information content (AvgIpc) is 2.97. The second-order valence-corrected chi connectivity index (χ2v) is 5.01. The van der Waals surface area contributed by atoms with Gasteiger partial charge in [-0.2, -0.15) is 4.98 Å². The predicted molar refractivity (Wildman–Crippen MR) is 77.8 cm³/mol. The van der Waals surface area contributed by atoms with Gasteiger partial charge in [0.05, 0.1) is 12.7 Å². The lowest BCUT2D eigenvalue weighted by molar-refractivity contribution is 0.416. The van der Waals surface area contributed by atoms with E-state index in [0.717, 1.165) is 49.0 Å². The first-order valence-corrected chi connectivity index (χ1v) is 6.84. The molecule has 3 rings (SSSR count). The topological polar surface area (TPSA) is 80.1 Å². The number of anilines is 1. The van der Waals surface area contributed by atoms with Gasteiger partial charge >= 0.3 is 0 Å². The number of ether oxygens (including phenoxy) is 1. The fourth-order valence-electron chi connectivity index (χ4n) is 2.45. The lowest BCUT2D eigenvalue weighted by Crippen LogP contribution is -2.40. The molecule has 0 saturated carbocycles. The van der Waals surface area contributed by atoms with Gasteiger partial charge in [0.1, 0.15) is 5.75 Å². The van der Waals surface area contributed by atoms with Crippen molar-refractivity contribution in [2.45, 2.75) is 18.9 Å². The summed E-state index contributed by atoms with van der Waals surface area (Å²) in [6, 6.07) is 8.08. The molecule has 6 nitrogen and oxygen atoms in total. The minimum Gasteiger partial charge on any atom is -0.496 e. The second-order valence-electron chi connectivity index (χ2n) is 5.01. The van der Waals surface area contributed by atoms with Crippen LogP contribution in [-0.2, 0) is 0 Å². The van der Waals surface area contributed by atoms with E-state index < -0.39 is 0 Å². The molecule has 0 atom stereocenters. The van der Waals surface area contributed by atoms with Crippen molar-refractivity contribution < 1.29 is 4.74 Å². The van der Waals surface area contributed by atoms with Gasteiger partial charge in [-0.05, 0) is 25.0 Å². The van der Waals surface area contributed by atoms with Crippen LogP contribution in [0.4, 0.5) is 5.95 Å². The van der Waals surface area contributed by atoms with Crippen LogP contribution >= 0.6 is 0 Å². The third-order valence-corrected chi connectivity index (χ3v) is 3.66. The summed E-state index contributed by atoms with van der Waals surface area (Å²) in [7, 11) is 1.65. The molecule has 2 heterocycles. The van der Waals surface area contributed by atoms with Gasteiger partial charge in [-0.25, -0.2) is 0 Å². The van der Waals surface area contributed by atoms with Crippen molar-refractivity contribution in [2.75, 3.05) is 25.1 Å². The minimum absolute atomic E-state index is 0.305. The van der Waals surface area contributed by atoms with Crippen molar-refractivity contribution in [1.82, 2.24) is 15.2 Å². The highest BCUT2D eigenvalue weighted by molar-refractivity contribution is 5.64. The molecule has 106 valence electrons. The van der Waals surface area contributed by atoms with Crippen molar-refractivity contribution >= 4 is 5.95 Å². The van der Waals surface area contributed by atoms with Gasteiger partial charge < -0.3 is 15.4 Å². The number of benzene rings is 1. The first-order chi connectivity index (χ1) is 9.78. The zero-order valence-corrected chi connectivity index (χ0v) is 11.5. The number of piperidine rings is 1. The van der Waals surface area contributed by atoms with E-state index >= 15 is 0 Å². The molecule has 1 fully saturated rings. The van der Waals surface area contributed by atoms with Crippen LogP contribution < -0.4 is 15.4 Å². The summed E-state index contributed by atoms with van der Waals surface area (Å²) in [5.74, 6) is 2.25. The van der Waals surface area contributed by atoms with E-state index in [1.165, 1.54) is 0 Å². The maximum atomic E-state index is 5.92. The van der Waals surface area contributed by atoms with Crippen LogP contribution in [0.1, 0.15) is 12.8 Å². The Balaban J connectivity index is 1.83. The van der Waals surface area contributed by atoms with Crippen LogP contribution in [0.25, 0.3) is 11.4 Å². The fourth-order valence-corrected chi connectivity index (χ4v) is 2.45. The lowest BCUT2D eigenvalue weighted by Gasteiger charge is -2.28. The lowest BCUT2D eigenvalue weighted by atomic mass is 10.1. The fraction of sp³-hybridized carbons (Fsp3) is 0.429. The standard InChI is InChI=1S/C14H19N5O/c1-20-12-5-3-2-4-11(12)13-16-14(18-17-13)19-8-6-10(15)7-9-19/h2-5,10H,6-9,15H2,1H3,(H,16,17,18). The smallest absolute Gasteiger partial charge is 0.245 e. The van der Waals surface area contributed by atoms with Crippen LogP contribution in [-0.4, -0.2) is 41.4 Å². The molecular formula is C14H19N5O. The SMILES string of the molecule is COc1ccccc1-c1nc(N2CCC(N)CC2)n[nH]1. The Morgan fingerprint density at radius 1 is 1.30 bits per heavy atom. The number of aromatic amines is 1. The Morgan fingerprint density at radius 3 is 2.80 bits per heavy atom. The van der Waals surface area contributed by atoms with E-state index in [4.69, 9.17) is 10.5 Å². The monoisotopic (exact) mass is 273 g/mol. The number of nitrogens with two attached hydrogens (primary N) is 1. The van der Waals surface area contributed by atoms with E-state index in [-0.39, 0.29) is 0 Å². The maximum absolute atomic E-state index is 5.92. The summed E-state index contributed by atoms with van der Waals surface area (Å²) in [4.78, 5) is 6.74. The Morgan fingerprint density at radius 2 is 2.05 bits per heavy atom. The molecule has 1 saturated heterocycles. The second kappa shape index (κ2) is 5.50. The highest BCUT2D eigenvalue weighted by Crippen LogP contribution is 2.28. The number of hydrogen-bond acceptors (Lipinski definition) is 5. The third-order valence-electron chi connectivity index (χ3n) is 3.66. The van der Waals surface area contributed by atoms with Crippen LogP contribution in [0.3, 0.4) is 0 Å². The number of H-pyrrole nitrogens is 1. The molecule has 1 aromatic heterocycles. The third kappa shape index (κ3) is 2.46. The Hall–Kier alpha value is -2.08. The molecule has 1 aromatic carbocycles. The maximum Gasteiger partial charge on any atom is 0.245 e. The van der Waals surface area contributed by atoms with E-state index in [2.05, 4.69) is 20.1 Å². The van der Waals surface area contributed by atoms with E-state index in [1.54, 1.807) is 7.11 Å². The summed E-state index contributed by atoms with van der Waals surface area (Å²) in [5, 5.41) is 7.30. The van der Waals surface area contributed by atoms with Gasteiger partial charge in [-0.3, -0.25) is 5.10 Å². The van der Waals surface area contributed by atoms with Crippen molar-refractivity contribution in [1.29, 1.82) is 0 Å². The highest BCUT2D eigenvalue weighted by Gasteiger charge is 2.20. The van der Waals surface area contributed by atoms with E-state index in [0.29, 0.717) is 6.04 Å². The summed E-state index contributed by atoms with van der Waals surface area (Å²) in [6.45, 7) is 1.81. The Labute approximate surface area is 118 Å². The molecule has 2 aromatic rings. The number of rotatable bonds is 3. The molecule has 0 unspecified atom stereocenters. The summed E-state index contributed by atoms with van der Waals surface area (Å²) >= 11 is 0. The summed E-state index contributed by atoms with van der Waals surface area (Å²) in [5.41, 5.74) is 6.84. The first-order valence-electron chi connectivity index (χ1n) is 6.84. The van der Waals surface area contributed by atoms with Crippen LogP contribution in [0.2, 0.25) is 0 Å². The van der Waals surface area contributed by atoms with Crippen molar-refractivity contribution in [3.63, 3.8) is 0 Å². The summed E-state index contributed by atoms with van der Waals surface area (Å²) in [6.07, 6.45) is 1.97. The Bertz CT molecular complexity index is 574. The van der Waals surface area contributed by atoms with Crippen LogP contribution in [0.5, 0.6) is 5.75 Å². The van der Waals surface area contributed by atoms with Gasteiger partial charge in [0.15, 0.2) is 5.82 Å². The van der Waals surface area contributed by atoms with Gasteiger partial charge in [-0.15, -0.1) is 5.10 Å². The van der Waals surface area contributed by atoms with Gasteiger partial charge in [-0.1, -0.05) is 12.1 Å². The molecule has 6 heteroatoms. The zero-order valence-electron chi connectivity index (χ0n) is 11.5. The molecular weight excluding hydrogens is 254 g/mol. The largest absolute Gasteiger partial charge is 0.496 e. The molecule has 0 spiro atoms. The quantitative estimate of drug-likeness (QED) is 0.883. The molecule has 0 amide bonds. The van der Waals surface area contributed by atoms with Crippen LogP contribution in [0, 0.1) is 0 Å². The number of para-hydroxylation sites is 1. The molecule has 3 N–H and O–H groups in total. The highest BCUT2D eigenvalue weighted by atomic mass is 16.5. The number of nitrogens with zero attached hydrogens (tertiary/aromatic N) is 3. The number of hydrogen-bond donors (Lipinski definition) is 2. The number of nitrogens with one attached hydrogen (secondary N) is 1. The number of aromatic nitrogens is 3. The normalized spacial score (nSPS) is 16.4. The molecule has 20 heavy (non-hydrogen) atoms. The van der Waals surface area contributed by atoms with Crippen molar-refractivity contribution in [3.05, 3.63) is 24.3 Å². The van der Waals surface area contributed by atoms with Crippen LogP contribution in [0.15, 0.2) is 24.3 Å². The molecule has 0 radical (unpaired) electrons. The molecule has 0 aliphatic carbocycles. The van der Waals surface area contributed by atoms with Crippen molar-refractivity contribution in [3.8, 4) is 17.1 Å². The first kappa shape index (κ1) is 12.9. The average molecular weight is 273 g/mol. The van der Waals surface area contributed by atoms with Gasteiger partial charge in [0.2, 0.25) is 5.95 Å². The molecule has 1 aliphatic heterocycles. The van der Waals surface area contributed by atoms with Crippen molar-refractivity contribution in [2.24, 2.45) is 5.73 Å². The minimum atomic E-state index is 0.305. The van der Waals surface area contributed by atoms with Gasteiger partial charge in [0.25, 0.3) is 0 Å². The summed E-state index contributed by atoms with van der Waals surface area (Å²) < 4.78 is 5.35. The van der Waals surface area contributed by atoms with Gasteiger partial charge in [0, 0.05) is 19.1 Å². The predicted octanol–water partition coefficient (Wildman–Crippen LogP) is 1.41. The Kier molecular flexibility index (Phi) is 3.56. The molecule has 0 bridgehead atoms. The number of methoxy groups -OCH3 is 1. The zero-order chi connectivity index (χ0) is 13.9. The van der Waals surface area contributed by atoms with E-state index in [9.17, 15) is 0 Å². The van der Waals surface area contributed by atoms with E-state index in [1.807, 2.05) is 24.3 Å².